The molecule has 0 spiro atoms. The van der Waals surface area contributed by atoms with E-state index in [1.807, 2.05) is 0 Å². The lowest BCUT2D eigenvalue weighted by Gasteiger charge is -2.13. The van der Waals surface area contributed by atoms with Crippen molar-refractivity contribution in [2.24, 2.45) is 0 Å². The minimum Gasteiger partial charge on any atom is -0.282 e. The van der Waals surface area contributed by atoms with Crippen LogP contribution in [0.3, 0.4) is 0 Å². The van der Waals surface area contributed by atoms with Crippen molar-refractivity contribution in [1.82, 2.24) is 0 Å². The zero-order chi connectivity index (χ0) is 14.8. The molecule has 0 heterocycles. The van der Waals surface area contributed by atoms with Crippen LogP contribution in [0.2, 0.25) is 0 Å². The third-order valence-corrected chi connectivity index (χ3v) is 4.55. The van der Waals surface area contributed by atoms with Gasteiger partial charge in [0.25, 0.3) is 5.69 Å². The van der Waals surface area contributed by atoms with Crippen LogP contribution in [-0.2, 0) is 16.2 Å². The lowest BCUT2D eigenvalue weighted by atomic mass is 10.1. The Morgan fingerprint density at radius 2 is 1.95 bits per heavy atom. The van der Waals surface area contributed by atoms with Gasteiger partial charge in [-0.2, -0.15) is 13.2 Å². The average molecular weight is 363 g/mol. The Balaban J connectivity index is 3.37. The Labute approximate surface area is 113 Å². The van der Waals surface area contributed by atoms with E-state index in [1.54, 1.807) is 4.72 Å². The van der Waals surface area contributed by atoms with E-state index in [4.69, 9.17) is 0 Å². The molecule has 11 heteroatoms. The number of alkyl halides is 4. The first kappa shape index (κ1) is 15.7. The largest absolute Gasteiger partial charge is 0.418 e. The maximum atomic E-state index is 12.7. The Morgan fingerprint density at radius 3 is 2.37 bits per heavy atom. The first-order valence-electron chi connectivity index (χ1n) is 4.49. The maximum Gasteiger partial charge on any atom is 0.418 e. The highest BCUT2D eigenvalue weighted by atomic mass is 79.9. The number of halogens is 4. The maximum absolute atomic E-state index is 12.7. The molecule has 1 aromatic rings. The summed E-state index contributed by atoms with van der Waals surface area (Å²) in [5.74, 6) is 0. The number of hydrogen-bond acceptors (Lipinski definition) is 4. The van der Waals surface area contributed by atoms with Crippen molar-refractivity contribution in [3.63, 3.8) is 0 Å². The first-order chi connectivity index (χ1) is 8.57. The van der Waals surface area contributed by atoms with Crippen molar-refractivity contribution in [1.29, 1.82) is 0 Å². The van der Waals surface area contributed by atoms with Gasteiger partial charge in [0.2, 0.25) is 10.0 Å². The van der Waals surface area contributed by atoms with Crippen LogP contribution in [0.25, 0.3) is 0 Å². The van der Waals surface area contributed by atoms with Gasteiger partial charge in [-0.05, 0) is 6.07 Å². The molecule has 1 N–H and O–H groups in total. The first-order valence-corrected chi connectivity index (χ1v) is 7.26. The van der Waals surface area contributed by atoms with Crippen LogP contribution in [-0.4, -0.2) is 18.0 Å². The molecule has 0 fully saturated rings. The van der Waals surface area contributed by atoms with Gasteiger partial charge in [0, 0.05) is 12.1 Å². The quantitative estimate of drug-likeness (QED) is 0.506. The van der Waals surface area contributed by atoms with Gasteiger partial charge >= 0.3 is 6.18 Å². The predicted molar refractivity (Wildman–Crippen MR) is 64.4 cm³/mol. The summed E-state index contributed by atoms with van der Waals surface area (Å²) in [7, 11) is -3.99. The summed E-state index contributed by atoms with van der Waals surface area (Å²) < 4.78 is 61.6. The number of hydrogen-bond donors (Lipinski definition) is 1. The number of nitro groups is 1. The molecule has 0 unspecified atom stereocenters. The fraction of sp³-hybridized carbons (Fsp3) is 0.250. The van der Waals surface area contributed by atoms with E-state index in [1.165, 1.54) is 0 Å². The van der Waals surface area contributed by atoms with E-state index in [2.05, 4.69) is 15.9 Å². The van der Waals surface area contributed by atoms with E-state index in [-0.39, 0.29) is 6.07 Å². The second kappa shape index (κ2) is 5.33. The SMILES string of the molecule is O=[N+]([O-])c1ccc(NS(=O)(=O)CBr)c(C(F)(F)F)c1. The summed E-state index contributed by atoms with van der Waals surface area (Å²) in [5.41, 5.74) is -2.97. The molecule has 1 rings (SSSR count). The molecule has 0 atom stereocenters. The number of nitrogens with zero attached hydrogens (tertiary/aromatic N) is 1. The van der Waals surface area contributed by atoms with Crippen molar-refractivity contribution in [3.05, 3.63) is 33.9 Å². The standard InChI is InChI=1S/C8H6BrF3N2O4S/c9-4-19(17,18)13-7-2-1-5(14(15)16)3-6(7)8(10,11)12/h1-3,13H,4H2. The van der Waals surface area contributed by atoms with Crippen molar-refractivity contribution >= 4 is 37.3 Å². The van der Waals surface area contributed by atoms with Gasteiger partial charge in [-0.25, -0.2) is 8.42 Å². The van der Waals surface area contributed by atoms with E-state index in [9.17, 15) is 31.7 Å². The molecule has 0 aliphatic heterocycles. The molecule has 106 valence electrons. The molecular formula is C8H6BrF3N2O4S. The van der Waals surface area contributed by atoms with Gasteiger partial charge in [0.1, 0.15) is 4.66 Å². The number of nitrogens with one attached hydrogen (secondary N) is 1. The number of nitro benzene ring substituents is 1. The van der Waals surface area contributed by atoms with Gasteiger partial charge in [-0.3, -0.25) is 14.8 Å². The Hall–Kier alpha value is -1.36. The molecule has 19 heavy (non-hydrogen) atoms. The summed E-state index contributed by atoms with van der Waals surface area (Å²) in [6.07, 6.45) is -4.92. The number of rotatable bonds is 4. The number of benzene rings is 1. The average Bonchev–Trinajstić information content (AvgIpc) is 2.27. The molecular weight excluding hydrogens is 357 g/mol. The van der Waals surface area contributed by atoms with Crippen molar-refractivity contribution in [2.45, 2.75) is 6.18 Å². The van der Waals surface area contributed by atoms with Gasteiger partial charge < -0.3 is 0 Å². The Morgan fingerprint density at radius 1 is 1.37 bits per heavy atom. The molecule has 0 saturated carbocycles. The summed E-state index contributed by atoms with van der Waals surface area (Å²) in [6, 6.07) is 1.74. The van der Waals surface area contributed by atoms with Crippen LogP contribution in [0.15, 0.2) is 18.2 Å². The summed E-state index contributed by atoms with van der Waals surface area (Å²) in [4.78, 5) is 9.42. The normalized spacial score (nSPS) is 12.2. The van der Waals surface area contributed by atoms with Crippen LogP contribution < -0.4 is 4.72 Å². The van der Waals surface area contributed by atoms with E-state index in [0.29, 0.717) is 6.07 Å². The van der Waals surface area contributed by atoms with Crippen LogP contribution in [0.4, 0.5) is 24.5 Å². The van der Waals surface area contributed by atoms with E-state index in [0.717, 1.165) is 6.07 Å². The van der Waals surface area contributed by atoms with Crippen LogP contribution in [0.5, 0.6) is 0 Å². The highest BCUT2D eigenvalue weighted by molar-refractivity contribution is 9.10. The monoisotopic (exact) mass is 362 g/mol. The molecule has 0 aromatic heterocycles. The molecule has 0 aliphatic carbocycles. The Bertz CT molecular complexity index is 603. The topological polar surface area (TPSA) is 89.3 Å². The summed E-state index contributed by atoms with van der Waals surface area (Å²) in [5, 5.41) is 10.4. The summed E-state index contributed by atoms with van der Waals surface area (Å²) in [6.45, 7) is 0. The van der Waals surface area contributed by atoms with Crippen molar-refractivity contribution in [3.8, 4) is 0 Å². The van der Waals surface area contributed by atoms with Crippen molar-refractivity contribution < 1.29 is 26.5 Å². The smallest absolute Gasteiger partial charge is 0.282 e. The van der Waals surface area contributed by atoms with Gasteiger partial charge in [0.05, 0.1) is 16.2 Å². The zero-order valence-electron chi connectivity index (χ0n) is 8.94. The summed E-state index contributed by atoms with van der Waals surface area (Å²) >= 11 is 2.60. The molecule has 0 amide bonds. The molecule has 6 nitrogen and oxygen atoms in total. The van der Waals surface area contributed by atoms with Crippen LogP contribution >= 0.6 is 15.9 Å². The highest BCUT2D eigenvalue weighted by Crippen LogP contribution is 2.37. The minimum absolute atomic E-state index is 0.270. The lowest BCUT2D eigenvalue weighted by Crippen LogP contribution is -2.17. The molecule has 0 saturated heterocycles. The van der Waals surface area contributed by atoms with Crippen LogP contribution in [0.1, 0.15) is 5.56 Å². The van der Waals surface area contributed by atoms with Crippen molar-refractivity contribution in [2.75, 3.05) is 9.38 Å². The molecule has 0 bridgehead atoms. The van der Waals surface area contributed by atoms with Gasteiger partial charge in [0.15, 0.2) is 0 Å². The predicted octanol–water partition coefficient (Wildman–Crippen LogP) is 2.71. The van der Waals surface area contributed by atoms with E-state index >= 15 is 0 Å². The molecule has 1 aromatic carbocycles. The minimum atomic E-state index is -4.92. The van der Waals surface area contributed by atoms with Gasteiger partial charge in [-0.15, -0.1) is 0 Å². The fourth-order valence-corrected chi connectivity index (χ4v) is 2.08. The lowest BCUT2D eigenvalue weighted by molar-refractivity contribution is -0.385. The zero-order valence-corrected chi connectivity index (χ0v) is 11.3. The number of anilines is 1. The Kier molecular flexibility index (Phi) is 4.40. The third kappa shape index (κ3) is 4.06. The number of non-ortho nitro benzene ring substituents is 1. The second-order valence-electron chi connectivity index (χ2n) is 3.31. The molecule has 0 aliphatic rings. The second-order valence-corrected chi connectivity index (χ2v) is 6.34. The number of sulfonamides is 1. The van der Waals surface area contributed by atoms with Crippen LogP contribution in [0, 0.1) is 10.1 Å². The highest BCUT2D eigenvalue weighted by Gasteiger charge is 2.36. The van der Waals surface area contributed by atoms with Gasteiger partial charge in [-0.1, -0.05) is 15.9 Å². The molecule has 0 radical (unpaired) electrons. The third-order valence-electron chi connectivity index (χ3n) is 1.93. The fourth-order valence-electron chi connectivity index (χ4n) is 1.16. The van der Waals surface area contributed by atoms with E-state index < -0.39 is 42.7 Å².